The van der Waals surface area contributed by atoms with Gasteiger partial charge in [-0.25, -0.2) is 4.98 Å². The van der Waals surface area contributed by atoms with Crippen LogP contribution in [-0.4, -0.2) is 54.1 Å². The van der Waals surface area contributed by atoms with Gasteiger partial charge in [-0.2, -0.15) is 5.26 Å². The Morgan fingerprint density at radius 2 is 1.48 bits per heavy atom. The molecule has 3 heterocycles. The number of carbonyl (C=O) groups excluding carboxylic acids is 2. The van der Waals surface area contributed by atoms with Crippen LogP contribution in [0, 0.1) is 11.3 Å². The monoisotopic (exact) mass is 683 g/mol. The fourth-order valence-corrected chi connectivity index (χ4v) is 6.78. The van der Waals surface area contributed by atoms with Gasteiger partial charge in [-0.05, 0) is 30.0 Å². The van der Waals surface area contributed by atoms with Gasteiger partial charge < -0.3 is 26.0 Å². The van der Waals surface area contributed by atoms with E-state index < -0.39 is 0 Å². The van der Waals surface area contributed by atoms with Crippen molar-refractivity contribution in [3.05, 3.63) is 87.7 Å². The van der Waals surface area contributed by atoms with E-state index in [9.17, 15) is 14.9 Å². The maximum Gasteiger partial charge on any atom is 0.237 e. The van der Waals surface area contributed by atoms with Crippen LogP contribution < -0.4 is 26.0 Å². The first kappa shape index (κ1) is 33.4. The highest BCUT2D eigenvalue weighted by atomic mass is 35.5. The van der Waals surface area contributed by atoms with Gasteiger partial charge in [0.2, 0.25) is 17.7 Å². The molecule has 2 atom stereocenters. The van der Waals surface area contributed by atoms with E-state index in [2.05, 4.69) is 32.3 Å². The second-order valence-electron chi connectivity index (χ2n) is 11.9. The molecule has 2 fully saturated rings. The lowest BCUT2D eigenvalue weighted by molar-refractivity contribution is -0.120. The normalized spacial score (nSPS) is 17.2. The first-order chi connectivity index (χ1) is 23.3. The number of halogens is 2. The molecule has 1 aromatic heterocycles. The SMILES string of the molecule is COc1nc(-c2cccc(-c3cccc(-c4ccc(CNC[C@@H]5CCC(=O)N5)c(C#N)c4)c3Cl)c2Cl)cnc1CNCC1CCC(=O)N1. The molecule has 2 aliphatic heterocycles. The third-order valence-electron chi connectivity index (χ3n) is 8.67. The molecule has 0 aliphatic carbocycles. The van der Waals surface area contributed by atoms with Crippen LogP contribution in [0.4, 0.5) is 0 Å². The molecule has 2 amide bonds. The van der Waals surface area contributed by atoms with Gasteiger partial charge >= 0.3 is 0 Å². The lowest BCUT2D eigenvalue weighted by atomic mass is 9.95. The summed E-state index contributed by atoms with van der Waals surface area (Å²) in [7, 11) is 1.55. The molecule has 4 N–H and O–H groups in total. The number of benzene rings is 3. The fraction of sp³-hybridized carbons (Fsp3) is 0.306. The molecule has 1 unspecified atom stereocenters. The molecular formula is C36H35Cl2N7O3. The minimum absolute atomic E-state index is 0.0791. The number of ether oxygens (including phenoxy) is 1. The van der Waals surface area contributed by atoms with E-state index in [4.69, 9.17) is 32.9 Å². The smallest absolute Gasteiger partial charge is 0.237 e. The second-order valence-corrected chi connectivity index (χ2v) is 12.7. The second kappa shape index (κ2) is 15.1. The highest BCUT2D eigenvalue weighted by molar-refractivity contribution is 6.39. The van der Waals surface area contributed by atoms with Gasteiger partial charge in [-0.1, -0.05) is 71.7 Å². The molecule has 0 spiro atoms. The van der Waals surface area contributed by atoms with Crippen LogP contribution in [0.15, 0.2) is 60.8 Å². The topological polar surface area (TPSA) is 141 Å². The molecular weight excluding hydrogens is 649 g/mol. The zero-order valence-corrected chi connectivity index (χ0v) is 27.9. The molecule has 4 aromatic rings. The minimum atomic E-state index is 0.0791. The van der Waals surface area contributed by atoms with Crippen molar-refractivity contribution in [3.8, 4) is 45.5 Å². The number of rotatable bonds is 12. The minimum Gasteiger partial charge on any atom is -0.480 e. The van der Waals surface area contributed by atoms with Gasteiger partial charge in [0.1, 0.15) is 5.69 Å². The van der Waals surface area contributed by atoms with Gasteiger partial charge in [-0.3, -0.25) is 14.6 Å². The van der Waals surface area contributed by atoms with E-state index in [1.54, 1.807) is 13.3 Å². The van der Waals surface area contributed by atoms with Crippen LogP contribution in [0.2, 0.25) is 10.0 Å². The molecule has 6 rings (SSSR count). The summed E-state index contributed by atoms with van der Waals surface area (Å²) >= 11 is 14.1. The standard InChI is InChI=1S/C36H35Cl2N7O3/c1-48-36-31(19-41-18-25-11-13-33(47)44-25)42-20-30(45-36)29-7-3-6-28(35(29)38)27-5-2-4-26(34(27)37)21-8-9-22(23(14-21)15-39)16-40-17-24-10-12-32(46)43-24/h2-9,14,20,24-25,40-41H,10-13,16-19H2,1H3,(H,43,46)(H,44,47)/t24-,25?/m0/s1. The largest absolute Gasteiger partial charge is 0.480 e. The summed E-state index contributed by atoms with van der Waals surface area (Å²) in [6.45, 7) is 2.22. The van der Waals surface area contributed by atoms with Crippen molar-refractivity contribution < 1.29 is 14.3 Å². The molecule has 12 heteroatoms. The molecule has 48 heavy (non-hydrogen) atoms. The van der Waals surface area contributed by atoms with Crippen molar-refractivity contribution in [2.75, 3.05) is 20.2 Å². The lowest BCUT2D eigenvalue weighted by Gasteiger charge is -2.16. The van der Waals surface area contributed by atoms with Crippen molar-refractivity contribution in [1.82, 2.24) is 31.2 Å². The van der Waals surface area contributed by atoms with E-state index >= 15 is 0 Å². The van der Waals surface area contributed by atoms with Crippen molar-refractivity contribution in [3.63, 3.8) is 0 Å². The Bertz CT molecular complexity index is 1890. The van der Waals surface area contributed by atoms with Crippen LogP contribution in [0.3, 0.4) is 0 Å². The number of aromatic nitrogens is 2. The predicted molar refractivity (Wildman–Crippen MR) is 185 cm³/mol. The quantitative estimate of drug-likeness (QED) is 0.156. The summed E-state index contributed by atoms with van der Waals surface area (Å²) in [5, 5.41) is 23.5. The van der Waals surface area contributed by atoms with Gasteiger partial charge in [0.25, 0.3) is 0 Å². The zero-order valence-electron chi connectivity index (χ0n) is 26.4. The highest BCUT2D eigenvalue weighted by Gasteiger charge is 2.22. The number of hydrogen-bond donors (Lipinski definition) is 4. The average molecular weight is 685 g/mol. The highest BCUT2D eigenvalue weighted by Crippen LogP contribution is 2.42. The number of methoxy groups -OCH3 is 1. The number of carbonyl (C=O) groups is 2. The number of nitrogens with zero attached hydrogens (tertiary/aromatic N) is 3. The zero-order chi connectivity index (χ0) is 33.6. The van der Waals surface area contributed by atoms with E-state index in [0.29, 0.717) is 77.5 Å². The molecule has 2 saturated heterocycles. The van der Waals surface area contributed by atoms with E-state index in [0.717, 1.165) is 40.7 Å². The maximum atomic E-state index is 11.5. The van der Waals surface area contributed by atoms with E-state index in [1.165, 1.54) is 0 Å². The van der Waals surface area contributed by atoms with Crippen LogP contribution in [-0.2, 0) is 22.7 Å². The first-order valence-corrected chi connectivity index (χ1v) is 16.6. The summed E-state index contributed by atoms with van der Waals surface area (Å²) in [6, 6.07) is 19.7. The number of nitriles is 1. The molecule has 2 aliphatic rings. The molecule has 3 aromatic carbocycles. The number of hydrogen-bond acceptors (Lipinski definition) is 8. The summed E-state index contributed by atoms with van der Waals surface area (Å²) < 4.78 is 5.57. The van der Waals surface area contributed by atoms with Gasteiger partial charge in [0.15, 0.2) is 0 Å². The molecule has 246 valence electrons. The molecule has 0 radical (unpaired) electrons. The van der Waals surface area contributed by atoms with Crippen molar-refractivity contribution in [1.29, 1.82) is 5.26 Å². The van der Waals surface area contributed by atoms with Crippen LogP contribution in [0.5, 0.6) is 5.88 Å². The Hall–Kier alpha value is -4.53. The van der Waals surface area contributed by atoms with Crippen LogP contribution in [0.1, 0.15) is 42.5 Å². The molecule has 0 saturated carbocycles. The summed E-state index contributed by atoms with van der Waals surface area (Å²) in [6.07, 6.45) is 4.40. The van der Waals surface area contributed by atoms with Crippen LogP contribution >= 0.6 is 23.2 Å². The summed E-state index contributed by atoms with van der Waals surface area (Å²) in [5.41, 5.74) is 6.35. The van der Waals surface area contributed by atoms with Gasteiger partial charge in [0.05, 0.1) is 40.7 Å². The lowest BCUT2D eigenvalue weighted by Crippen LogP contribution is -2.35. The Morgan fingerprint density at radius 1 is 0.875 bits per heavy atom. The molecule has 10 nitrogen and oxygen atoms in total. The summed E-state index contributed by atoms with van der Waals surface area (Å²) in [5.74, 6) is 0.543. The van der Waals surface area contributed by atoms with Gasteiger partial charge in [-0.15, -0.1) is 0 Å². The maximum absolute atomic E-state index is 11.5. The van der Waals surface area contributed by atoms with E-state index in [-0.39, 0.29) is 23.9 Å². The first-order valence-electron chi connectivity index (χ1n) is 15.9. The number of amides is 2. The Balaban J connectivity index is 1.20. The van der Waals surface area contributed by atoms with E-state index in [1.807, 2.05) is 54.6 Å². The number of nitrogens with one attached hydrogen (secondary N) is 4. The van der Waals surface area contributed by atoms with Crippen molar-refractivity contribution in [2.24, 2.45) is 0 Å². The van der Waals surface area contributed by atoms with Crippen molar-refractivity contribution >= 4 is 35.0 Å². The van der Waals surface area contributed by atoms with Gasteiger partial charge in [0, 0.05) is 73.4 Å². The Kier molecular flexibility index (Phi) is 10.5. The average Bonchev–Trinajstić information content (AvgIpc) is 3.72. The summed E-state index contributed by atoms with van der Waals surface area (Å²) in [4.78, 5) is 32.3. The third-order valence-corrected chi connectivity index (χ3v) is 9.48. The molecule has 0 bridgehead atoms. The Morgan fingerprint density at radius 3 is 2.08 bits per heavy atom. The predicted octanol–water partition coefficient (Wildman–Crippen LogP) is 5.40. The Labute approximate surface area is 289 Å². The van der Waals surface area contributed by atoms with Crippen LogP contribution in [0.25, 0.3) is 33.5 Å². The fourth-order valence-electron chi connectivity index (χ4n) is 6.12. The third kappa shape index (κ3) is 7.45. The van der Waals surface area contributed by atoms with Crippen molar-refractivity contribution in [2.45, 2.75) is 50.9 Å².